The largest absolute Gasteiger partial charge is 0.493 e. The zero-order chi connectivity index (χ0) is 12.3. The van der Waals surface area contributed by atoms with Crippen LogP contribution in [0.15, 0.2) is 24.3 Å². The van der Waals surface area contributed by atoms with Gasteiger partial charge >= 0.3 is 5.97 Å². The number of ether oxygens (including phenoxy) is 3. The zero-order valence-corrected chi connectivity index (χ0v) is 10.0. The van der Waals surface area contributed by atoms with E-state index in [0.717, 1.165) is 5.75 Å². The van der Waals surface area contributed by atoms with Crippen LogP contribution < -0.4 is 9.47 Å². The monoisotopic (exact) mass is 236 g/mol. The number of methoxy groups -OCH3 is 2. The second-order valence-electron chi connectivity index (χ2n) is 4.08. The van der Waals surface area contributed by atoms with Crippen molar-refractivity contribution in [2.75, 3.05) is 14.2 Å². The van der Waals surface area contributed by atoms with Crippen LogP contribution in [0.3, 0.4) is 0 Å². The van der Waals surface area contributed by atoms with Gasteiger partial charge in [0.1, 0.15) is 6.10 Å². The molecule has 1 aliphatic rings. The molecular formula is C13H16O4. The van der Waals surface area contributed by atoms with Crippen LogP contribution in [0.25, 0.3) is 0 Å². The van der Waals surface area contributed by atoms with Crippen molar-refractivity contribution >= 4 is 5.97 Å². The van der Waals surface area contributed by atoms with E-state index < -0.39 is 0 Å². The van der Waals surface area contributed by atoms with E-state index in [1.165, 1.54) is 7.11 Å². The first-order chi connectivity index (χ1) is 8.24. The Labute approximate surface area is 100 Å². The summed E-state index contributed by atoms with van der Waals surface area (Å²) >= 11 is 0. The van der Waals surface area contributed by atoms with Crippen LogP contribution in [0.4, 0.5) is 0 Å². The number of benzene rings is 1. The maximum absolute atomic E-state index is 11.2. The Bertz CT molecular complexity index is 396. The standard InChI is InChI=1S/C13H16O4/c1-15-11-5-3-4-6-12(11)17-10-7-9(8-10)13(14)16-2/h3-6,9-10H,7-8H2,1-2H3. The number of hydrogen-bond donors (Lipinski definition) is 0. The Morgan fingerprint density at radius 1 is 1.18 bits per heavy atom. The topological polar surface area (TPSA) is 44.8 Å². The summed E-state index contributed by atoms with van der Waals surface area (Å²) in [6, 6.07) is 7.51. The van der Waals surface area contributed by atoms with E-state index >= 15 is 0 Å². The fraction of sp³-hybridized carbons (Fsp3) is 0.462. The molecule has 0 aromatic heterocycles. The molecule has 4 nitrogen and oxygen atoms in total. The van der Waals surface area contributed by atoms with Crippen molar-refractivity contribution in [2.24, 2.45) is 5.92 Å². The molecular weight excluding hydrogens is 220 g/mol. The van der Waals surface area contributed by atoms with E-state index in [1.807, 2.05) is 24.3 Å². The summed E-state index contributed by atoms with van der Waals surface area (Å²) in [5.74, 6) is 1.28. The molecule has 0 saturated heterocycles. The number of para-hydroxylation sites is 2. The first-order valence-corrected chi connectivity index (χ1v) is 5.62. The van der Waals surface area contributed by atoms with Crippen molar-refractivity contribution in [1.29, 1.82) is 0 Å². The highest BCUT2D eigenvalue weighted by atomic mass is 16.5. The van der Waals surface area contributed by atoms with Crippen molar-refractivity contribution in [3.05, 3.63) is 24.3 Å². The fourth-order valence-corrected chi connectivity index (χ4v) is 1.92. The van der Waals surface area contributed by atoms with Gasteiger partial charge in [0.15, 0.2) is 11.5 Å². The van der Waals surface area contributed by atoms with Crippen LogP contribution in [-0.2, 0) is 9.53 Å². The van der Waals surface area contributed by atoms with Gasteiger partial charge in [-0.3, -0.25) is 4.79 Å². The van der Waals surface area contributed by atoms with Gasteiger partial charge in [0.2, 0.25) is 0 Å². The minimum atomic E-state index is -0.148. The van der Waals surface area contributed by atoms with E-state index in [4.69, 9.17) is 9.47 Å². The molecule has 0 atom stereocenters. The second-order valence-corrected chi connectivity index (χ2v) is 4.08. The molecule has 1 aliphatic carbocycles. The van der Waals surface area contributed by atoms with Gasteiger partial charge in [-0.2, -0.15) is 0 Å². The second kappa shape index (κ2) is 5.08. The van der Waals surface area contributed by atoms with Crippen molar-refractivity contribution in [3.8, 4) is 11.5 Å². The molecule has 1 fully saturated rings. The number of rotatable bonds is 4. The maximum atomic E-state index is 11.2. The predicted molar refractivity (Wildman–Crippen MR) is 62.2 cm³/mol. The third-order valence-electron chi connectivity index (χ3n) is 2.99. The Morgan fingerprint density at radius 3 is 2.41 bits per heavy atom. The lowest BCUT2D eigenvalue weighted by atomic mass is 9.82. The highest BCUT2D eigenvalue weighted by Gasteiger charge is 2.37. The third kappa shape index (κ3) is 2.52. The molecule has 0 spiro atoms. The summed E-state index contributed by atoms with van der Waals surface area (Å²) in [5.41, 5.74) is 0. The molecule has 17 heavy (non-hydrogen) atoms. The number of hydrogen-bond acceptors (Lipinski definition) is 4. The summed E-state index contributed by atoms with van der Waals surface area (Å²) in [4.78, 5) is 11.2. The Hall–Kier alpha value is -1.71. The van der Waals surface area contributed by atoms with Crippen LogP contribution >= 0.6 is 0 Å². The molecule has 0 unspecified atom stereocenters. The summed E-state index contributed by atoms with van der Waals surface area (Å²) in [7, 11) is 3.02. The smallest absolute Gasteiger partial charge is 0.308 e. The Morgan fingerprint density at radius 2 is 1.82 bits per heavy atom. The minimum absolute atomic E-state index is 0.0142. The van der Waals surface area contributed by atoms with Crippen LogP contribution in [0.2, 0.25) is 0 Å². The summed E-state index contributed by atoms with van der Waals surface area (Å²) in [6.07, 6.45) is 1.51. The molecule has 0 radical (unpaired) electrons. The molecule has 4 heteroatoms. The molecule has 2 rings (SSSR count). The summed E-state index contributed by atoms with van der Waals surface area (Å²) in [6.45, 7) is 0. The van der Waals surface area contributed by atoms with Crippen LogP contribution in [0.1, 0.15) is 12.8 Å². The van der Waals surface area contributed by atoms with E-state index in [-0.39, 0.29) is 18.0 Å². The lowest BCUT2D eigenvalue weighted by Gasteiger charge is -2.33. The molecule has 0 heterocycles. The van der Waals surface area contributed by atoms with E-state index in [1.54, 1.807) is 7.11 Å². The quantitative estimate of drug-likeness (QED) is 0.750. The molecule has 1 saturated carbocycles. The molecule has 92 valence electrons. The Kier molecular flexibility index (Phi) is 3.52. The summed E-state index contributed by atoms with van der Waals surface area (Å²) in [5, 5.41) is 0. The average Bonchev–Trinajstić information content (AvgIpc) is 2.32. The number of carbonyl (C=O) groups excluding carboxylic acids is 1. The highest BCUT2D eigenvalue weighted by Crippen LogP contribution is 2.35. The van der Waals surface area contributed by atoms with Crippen LogP contribution in [-0.4, -0.2) is 26.3 Å². The molecule has 0 amide bonds. The predicted octanol–water partition coefficient (Wildman–Crippen LogP) is 2.03. The van der Waals surface area contributed by atoms with Gasteiger partial charge in [0, 0.05) is 0 Å². The van der Waals surface area contributed by atoms with Gasteiger partial charge in [-0.05, 0) is 25.0 Å². The van der Waals surface area contributed by atoms with Crippen molar-refractivity contribution < 1.29 is 19.0 Å². The SMILES string of the molecule is COC(=O)C1CC(Oc2ccccc2OC)C1. The molecule has 0 N–H and O–H groups in total. The molecule has 1 aromatic rings. The van der Waals surface area contributed by atoms with Gasteiger partial charge in [0.05, 0.1) is 20.1 Å². The normalized spacial score (nSPS) is 22.5. The lowest BCUT2D eigenvalue weighted by Crippen LogP contribution is -2.38. The first kappa shape index (κ1) is 11.8. The van der Waals surface area contributed by atoms with Crippen LogP contribution in [0.5, 0.6) is 11.5 Å². The van der Waals surface area contributed by atoms with Gasteiger partial charge in [-0.1, -0.05) is 12.1 Å². The van der Waals surface area contributed by atoms with E-state index in [9.17, 15) is 4.79 Å². The maximum Gasteiger partial charge on any atom is 0.308 e. The Balaban J connectivity index is 1.89. The molecule has 0 bridgehead atoms. The van der Waals surface area contributed by atoms with Gasteiger partial charge in [-0.15, -0.1) is 0 Å². The fourth-order valence-electron chi connectivity index (χ4n) is 1.92. The van der Waals surface area contributed by atoms with Gasteiger partial charge < -0.3 is 14.2 Å². The van der Waals surface area contributed by atoms with E-state index in [0.29, 0.717) is 18.6 Å². The van der Waals surface area contributed by atoms with Crippen molar-refractivity contribution in [1.82, 2.24) is 0 Å². The number of carbonyl (C=O) groups is 1. The average molecular weight is 236 g/mol. The minimum Gasteiger partial charge on any atom is -0.493 e. The van der Waals surface area contributed by atoms with Crippen LogP contribution in [0, 0.1) is 5.92 Å². The third-order valence-corrected chi connectivity index (χ3v) is 2.99. The first-order valence-electron chi connectivity index (χ1n) is 5.62. The van der Waals surface area contributed by atoms with Crippen molar-refractivity contribution in [2.45, 2.75) is 18.9 Å². The van der Waals surface area contributed by atoms with Gasteiger partial charge in [-0.25, -0.2) is 0 Å². The molecule has 1 aromatic carbocycles. The number of esters is 1. The lowest BCUT2D eigenvalue weighted by molar-refractivity contribution is -0.151. The van der Waals surface area contributed by atoms with Crippen molar-refractivity contribution in [3.63, 3.8) is 0 Å². The van der Waals surface area contributed by atoms with Gasteiger partial charge in [0.25, 0.3) is 0 Å². The molecule has 0 aliphatic heterocycles. The highest BCUT2D eigenvalue weighted by molar-refractivity contribution is 5.73. The zero-order valence-electron chi connectivity index (χ0n) is 10.0. The summed E-state index contributed by atoms with van der Waals surface area (Å²) < 4.78 is 15.6. The van der Waals surface area contributed by atoms with E-state index in [2.05, 4.69) is 4.74 Å².